The minimum absolute atomic E-state index is 0.120. The molecule has 1 saturated heterocycles. The van der Waals surface area contributed by atoms with Crippen LogP contribution in [0, 0.1) is 27.7 Å². The van der Waals surface area contributed by atoms with Crippen LogP contribution in [0.3, 0.4) is 0 Å². The molecule has 7 heteroatoms. The number of carbonyl (C=O) groups is 1. The normalized spacial score (nSPS) is 17.1. The molecule has 0 saturated carbocycles. The van der Waals surface area contributed by atoms with E-state index in [0.29, 0.717) is 5.11 Å². The highest BCUT2D eigenvalue weighted by molar-refractivity contribution is 7.80. The predicted octanol–water partition coefficient (Wildman–Crippen LogP) is 5.72. The van der Waals surface area contributed by atoms with E-state index < -0.39 is 0 Å². The molecule has 1 aliphatic heterocycles. The van der Waals surface area contributed by atoms with Crippen LogP contribution in [0.2, 0.25) is 0 Å². The number of carbonyl (C=O) groups excluding carboxylic acids is 1. The summed E-state index contributed by atoms with van der Waals surface area (Å²) in [4.78, 5) is 19.8. The van der Waals surface area contributed by atoms with E-state index in [-0.39, 0.29) is 24.5 Å². The zero-order valence-electron chi connectivity index (χ0n) is 21.5. The molecule has 1 fully saturated rings. The lowest BCUT2D eigenvalue weighted by Crippen LogP contribution is -2.37. The predicted molar refractivity (Wildman–Crippen MR) is 152 cm³/mol. The van der Waals surface area contributed by atoms with Crippen LogP contribution in [0.25, 0.3) is 5.69 Å². The van der Waals surface area contributed by atoms with Gasteiger partial charge >= 0.3 is 0 Å². The molecule has 6 nitrogen and oxygen atoms in total. The highest BCUT2D eigenvalue weighted by Gasteiger charge is 2.42. The van der Waals surface area contributed by atoms with Crippen molar-refractivity contribution in [2.45, 2.75) is 39.8 Å². The number of nitrogens with zero attached hydrogens (tertiary/aromatic N) is 3. The number of hydrogen-bond donors (Lipinski definition) is 2. The summed E-state index contributed by atoms with van der Waals surface area (Å²) in [5.41, 5.74) is 8.66. The van der Waals surface area contributed by atoms with E-state index in [9.17, 15) is 4.79 Å². The summed E-state index contributed by atoms with van der Waals surface area (Å²) < 4.78 is 2.32. The van der Waals surface area contributed by atoms with Crippen LogP contribution in [0.5, 0.6) is 0 Å². The van der Waals surface area contributed by atoms with Gasteiger partial charge in [0.05, 0.1) is 23.5 Å². The molecule has 0 unspecified atom stereocenters. The second-order valence-electron chi connectivity index (χ2n) is 9.57. The third-order valence-electron chi connectivity index (χ3n) is 7.02. The monoisotopic (exact) mass is 509 g/mol. The lowest BCUT2D eigenvalue weighted by molar-refractivity contribution is -0.116. The molecule has 1 amide bonds. The van der Waals surface area contributed by atoms with Gasteiger partial charge in [0.1, 0.15) is 6.54 Å². The molecule has 3 heterocycles. The van der Waals surface area contributed by atoms with Gasteiger partial charge in [0, 0.05) is 23.3 Å². The molecule has 188 valence electrons. The highest BCUT2D eigenvalue weighted by Crippen LogP contribution is 2.41. The Morgan fingerprint density at radius 2 is 1.68 bits per heavy atom. The number of aromatic nitrogens is 2. The average molecular weight is 510 g/mol. The van der Waals surface area contributed by atoms with Crippen molar-refractivity contribution in [2.75, 3.05) is 11.9 Å². The van der Waals surface area contributed by atoms with Crippen molar-refractivity contribution in [1.82, 2.24) is 19.8 Å². The summed E-state index contributed by atoms with van der Waals surface area (Å²) in [6.07, 6.45) is 1.79. The van der Waals surface area contributed by atoms with Gasteiger partial charge in [-0.15, -0.1) is 0 Å². The van der Waals surface area contributed by atoms with Crippen LogP contribution >= 0.6 is 12.2 Å². The van der Waals surface area contributed by atoms with Crippen LogP contribution < -0.4 is 10.6 Å². The molecule has 5 rings (SSSR count). The molecule has 0 aliphatic carbocycles. The fourth-order valence-corrected chi connectivity index (χ4v) is 5.69. The zero-order valence-corrected chi connectivity index (χ0v) is 22.3. The SMILES string of the molecule is Cc1cccc(C)c1-n1c(C)cc([C@@H]2[C@@H](c3ccccn3)NC(=S)N2CC(=O)Nc2ccccc2)c1C. The number of hydrogen-bond acceptors (Lipinski definition) is 3. The maximum Gasteiger partial charge on any atom is 0.244 e. The van der Waals surface area contributed by atoms with E-state index in [4.69, 9.17) is 12.2 Å². The number of nitrogens with one attached hydrogen (secondary N) is 2. The Hall–Kier alpha value is -3.97. The van der Waals surface area contributed by atoms with Crippen LogP contribution in [-0.4, -0.2) is 32.0 Å². The number of pyridine rings is 1. The Bertz CT molecular complexity index is 1430. The molecule has 0 spiro atoms. The fourth-order valence-electron chi connectivity index (χ4n) is 5.38. The van der Waals surface area contributed by atoms with Gasteiger partial charge in [-0.1, -0.05) is 42.5 Å². The molecule has 2 aromatic carbocycles. The molecule has 0 radical (unpaired) electrons. The van der Waals surface area contributed by atoms with Crippen molar-refractivity contribution in [3.8, 4) is 5.69 Å². The number of rotatable bonds is 6. The number of aryl methyl sites for hydroxylation is 3. The molecule has 2 atom stereocenters. The summed E-state index contributed by atoms with van der Waals surface area (Å²) >= 11 is 5.80. The maximum atomic E-state index is 13.1. The van der Waals surface area contributed by atoms with E-state index in [0.717, 1.165) is 28.3 Å². The number of thiocarbonyl (C=S) groups is 1. The Labute approximate surface area is 223 Å². The molecule has 37 heavy (non-hydrogen) atoms. The third-order valence-corrected chi connectivity index (χ3v) is 7.37. The van der Waals surface area contributed by atoms with E-state index in [1.165, 1.54) is 16.8 Å². The summed E-state index contributed by atoms with van der Waals surface area (Å²) in [6.45, 7) is 8.69. The van der Waals surface area contributed by atoms with Gasteiger partial charge in [0.25, 0.3) is 0 Å². The summed E-state index contributed by atoms with van der Waals surface area (Å²) in [7, 11) is 0. The van der Waals surface area contributed by atoms with Gasteiger partial charge in [-0.05, 0) is 86.9 Å². The standard InChI is InChI=1S/C30H31N5OS/c1-19-11-10-12-20(2)28(19)35-21(3)17-24(22(35)4)29-27(25-15-8-9-16-31-25)33-30(37)34(29)18-26(36)32-23-13-6-5-7-14-23/h5-17,27,29H,18H2,1-4H3,(H,32,36)(H,33,37)/t27-,29-/m1/s1. The molecular weight excluding hydrogens is 478 g/mol. The molecule has 2 aromatic heterocycles. The maximum absolute atomic E-state index is 13.1. The summed E-state index contributed by atoms with van der Waals surface area (Å²) in [5.74, 6) is -0.120. The first-order valence-corrected chi connectivity index (χ1v) is 12.8. The second kappa shape index (κ2) is 10.2. The van der Waals surface area contributed by atoms with Gasteiger partial charge in [-0.25, -0.2) is 0 Å². The second-order valence-corrected chi connectivity index (χ2v) is 9.96. The van der Waals surface area contributed by atoms with Crippen LogP contribution in [0.1, 0.15) is 45.9 Å². The van der Waals surface area contributed by atoms with Crippen LogP contribution in [0.15, 0.2) is 79.0 Å². The molecule has 4 aromatic rings. The van der Waals surface area contributed by atoms with Crippen molar-refractivity contribution < 1.29 is 4.79 Å². The van der Waals surface area contributed by atoms with Crippen molar-refractivity contribution >= 4 is 28.9 Å². The Morgan fingerprint density at radius 3 is 2.35 bits per heavy atom. The molecule has 2 N–H and O–H groups in total. The van der Waals surface area contributed by atoms with Crippen LogP contribution in [-0.2, 0) is 4.79 Å². The first-order valence-electron chi connectivity index (χ1n) is 12.4. The largest absolute Gasteiger partial charge is 0.352 e. The third kappa shape index (κ3) is 4.74. The van der Waals surface area contributed by atoms with Gasteiger partial charge in [-0.3, -0.25) is 9.78 Å². The molecule has 0 bridgehead atoms. The first kappa shape index (κ1) is 24.7. The number of benzene rings is 2. The summed E-state index contributed by atoms with van der Waals surface area (Å²) in [5, 5.41) is 7.00. The fraction of sp³-hybridized carbons (Fsp3) is 0.233. The van der Waals surface area contributed by atoms with Gasteiger partial charge in [-0.2, -0.15) is 0 Å². The quantitative estimate of drug-likeness (QED) is 0.326. The van der Waals surface area contributed by atoms with E-state index in [1.807, 2.05) is 53.4 Å². The van der Waals surface area contributed by atoms with Crippen molar-refractivity contribution in [1.29, 1.82) is 0 Å². The van der Waals surface area contributed by atoms with Gasteiger partial charge in [0.2, 0.25) is 5.91 Å². The minimum Gasteiger partial charge on any atom is -0.352 e. The molecular formula is C30H31N5OS. The Balaban J connectivity index is 1.57. The van der Waals surface area contributed by atoms with Gasteiger partial charge < -0.3 is 20.1 Å². The lowest BCUT2D eigenvalue weighted by atomic mass is 9.96. The van der Waals surface area contributed by atoms with Crippen molar-refractivity contribution in [2.24, 2.45) is 0 Å². The summed E-state index contributed by atoms with van der Waals surface area (Å²) in [6, 6.07) is 23.6. The number of amides is 1. The van der Waals surface area contributed by atoms with E-state index in [1.54, 1.807) is 6.20 Å². The van der Waals surface area contributed by atoms with Crippen LogP contribution in [0.4, 0.5) is 5.69 Å². The Morgan fingerprint density at radius 1 is 0.973 bits per heavy atom. The molecule has 1 aliphatic rings. The van der Waals surface area contributed by atoms with E-state index in [2.05, 4.69) is 72.1 Å². The minimum atomic E-state index is -0.201. The topological polar surface area (TPSA) is 62.2 Å². The van der Waals surface area contributed by atoms with E-state index >= 15 is 0 Å². The van der Waals surface area contributed by atoms with Crippen molar-refractivity contribution in [3.05, 3.63) is 113 Å². The smallest absolute Gasteiger partial charge is 0.244 e. The Kier molecular flexibility index (Phi) is 6.80. The highest BCUT2D eigenvalue weighted by atomic mass is 32.1. The van der Waals surface area contributed by atoms with Gasteiger partial charge in [0.15, 0.2) is 5.11 Å². The number of para-hydroxylation sites is 2. The number of anilines is 1. The lowest BCUT2D eigenvalue weighted by Gasteiger charge is -2.28. The zero-order chi connectivity index (χ0) is 26.1. The van der Waals surface area contributed by atoms with Crippen molar-refractivity contribution in [3.63, 3.8) is 0 Å². The average Bonchev–Trinajstić information content (AvgIpc) is 3.35. The first-order chi connectivity index (χ1) is 17.8.